The number of ether oxygens (including phenoxy) is 2. The van der Waals surface area contributed by atoms with Gasteiger partial charge in [-0.05, 0) is 78.3 Å². The van der Waals surface area contributed by atoms with Crippen molar-refractivity contribution in [3.8, 4) is 0 Å². The molecule has 1 fully saturated rings. The van der Waals surface area contributed by atoms with Crippen LogP contribution in [0.15, 0.2) is 24.3 Å². The van der Waals surface area contributed by atoms with Crippen LogP contribution in [-0.2, 0) is 9.47 Å². The van der Waals surface area contributed by atoms with Crippen LogP contribution in [0.1, 0.15) is 149 Å². The molecule has 0 heterocycles. The molecule has 0 N–H and O–H groups in total. The molecule has 0 aromatic rings. The molecule has 0 aliphatic heterocycles. The lowest BCUT2D eigenvalue weighted by molar-refractivity contribution is -0.0667. The molecule has 0 aromatic carbocycles. The summed E-state index contributed by atoms with van der Waals surface area (Å²) in [6, 6.07) is 0.587. The first kappa shape index (κ1) is 34.4. The standard InChI is InChI=1S/C34H65NO2/c1-5-7-9-11-13-14-15-16-17-18-19-20-21-22-24-26-28-37-34-30-32(35(3)4)29-33(31-34)36-27-25-23-12-10-8-6-2/h13-14,16-17,32-34H,5-12,15,18-31H2,1-4H3/b14-13-,17-16-/t32?,33-,34+/m0/s1. The van der Waals surface area contributed by atoms with Crippen molar-refractivity contribution in [1.29, 1.82) is 0 Å². The summed E-state index contributed by atoms with van der Waals surface area (Å²) in [4.78, 5) is 2.37. The molecule has 0 aromatic heterocycles. The van der Waals surface area contributed by atoms with Gasteiger partial charge in [-0.15, -0.1) is 0 Å². The third-order valence-electron chi connectivity index (χ3n) is 7.88. The van der Waals surface area contributed by atoms with E-state index in [1.165, 1.54) is 109 Å². The van der Waals surface area contributed by atoms with Crippen LogP contribution in [0.4, 0.5) is 0 Å². The van der Waals surface area contributed by atoms with Gasteiger partial charge in [0, 0.05) is 19.3 Å². The van der Waals surface area contributed by atoms with Crippen LogP contribution >= 0.6 is 0 Å². The molecule has 3 atom stereocenters. The molecule has 0 bridgehead atoms. The maximum Gasteiger partial charge on any atom is 0.0614 e. The topological polar surface area (TPSA) is 21.7 Å². The zero-order valence-corrected chi connectivity index (χ0v) is 25.6. The number of allylic oxidation sites excluding steroid dienone is 4. The van der Waals surface area contributed by atoms with Crippen molar-refractivity contribution in [2.75, 3.05) is 27.3 Å². The molecule has 1 saturated carbocycles. The highest BCUT2D eigenvalue weighted by Gasteiger charge is 2.31. The molecule has 218 valence electrons. The zero-order valence-electron chi connectivity index (χ0n) is 25.6. The Bertz CT molecular complexity index is 530. The average Bonchev–Trinajstić information content (AvgIpc) is 2.89. The molecule has 1 unspecified atom stereocenters. The van der Waals surface area contributed by atoms with E-state index in [4.69, 9.17) is 9.47 Å². The van der Waals surface area contributed by atoms with Gasteiger partial charge >= 0.3 is 0 Å². The Morgan fingerprint density at radius 2 is 0.973 bits per heavy atom. The normalized spacial score (nSPS) is 20.6. The minimum Gasteiger partial charge on any atom is -0.378 e. The second-order valence-corrected chi connectivity index (χ2v) is 11.7. The zero-order chi connectivity index (χ0) is 26.8. The lowest BCUT2D eigenvalue weighted by atomic mass is 9.89. The third kappa shape index (κ3) is 20.9. The largest absolute Gasteiger partial charge is 0.378 e. The van der Waals surface area contributed by atoms with Crippen LogP contribution in [0.3, 0.4) is 0 Å². The minimum atomic E-state index is 0.369. The van der Waals surface area contributed by atoms with Gasteiger partial charge in [-0.25, -0.2) is 0 Å². The van der Waals surface area contributed by atoms with Crippen LogP contribution in [0, 0.1) is 0 Å². The number of unbranched alkanes of at least 4 members (excludes halogenated alkanes) is 14. The number of rotatable bonds is 25. The Morgan fingerprint density at radius 3 is 1.49 bits per heavy atom. The summed E-state index contributed by atoms with van der Waals surface area (Å²) in [7, 11) is 4.42. The monoisotopic (exact) mass is 520 g/mol. The first-order valence-corrected chi connectivity index (χ1v) is 16.4. The summed E-state index contributed by atoms with van der Waals surface area (Å²) in [5, 5.41) is 0. The molecule has 3 heteroatoms. The van der Waals surface area contributed by atoms with Gasteiger partial charge in [0.25, 0.3) is 0 Å². The summed E-state index contributed by atoms with van der Waals surface area (Å²) >= 11 is 0. The van der Waals surface area contributed by atoms with E-state index in [0.717, 1.165) is 38.9 Å². The molecule has 0 amide bonds. The van der Waals surface area contributed by atoms with Crippen molar-refractivity contribution in [2.24, 2.45) is 0 Å². The summed E-state index contributed by atoms with van der Waals surface area (Å²) in [5.74, 6) is 0. The van der Waals surface area contributed by atoms with E-state index in [1.54, 1.807) is 0 Å². The molecule has 1 aliphatic carbocycles. The first-order chi connectivity index (χ1) is 18.2. The van der Waals surface area contributed by atoms with E-state index in [0.29, 0.717) is 18.2 Å². The van der Waals surface area contributed by atoms with E-state index in [9.17, 15) is 0 Å². The Balaban J connectivity index is 2.02. The Kier molecular flexibility index (Phi) is 23.8. The molecule has 1 aliphatic rings. The quantitative estimate of drug-likeness (QED) is 0.0884. The molecule has 3 nitrogen and oxygen atoms in total. The van der Waals surface area contributed by atoms with Gasteiger partial charge in [-0.1, -0.05) is 109 Å². The third-order valence-corrected chi connectivity index (χ3v) is 7.88. The average molecular weight is 520 g/mol. The Hall–Kier alpha value is -0.640. The van der Waals surface area contributed by atoms with Gasteiger partial charge in [0.05, 0.1) is 12.2 Å². The summed E-state index contributed by atoms with van der Waals surface area (Å²) < 4.78 is 12.7. The second kappa shape index (κ2) is 25.6. The second-order valence-electron chi connectivity index (χ2n) is 11.7. The van der Waals surface area contributed by atoms with Crippen LogP contribution in [0.2, 0.25) is 0 Å². The van der Waals surface area contributed by atoms with Crippen LogP contribution in [0.5, 0.6) is 0 Å². The van der Waals surface area contributed by atoms with Crippen molar-refractivity contribution in [3.05, 3.63) is 24.3 Å². The van der Waals surface area contributed by atoms with Crippen LogP contribution in [0.25, 0.3) is 0 Å². The first-order valence-electron chi connectivity index (χ1n) is 16.4. The predicted molar refractivity (Wildman–Crippen MR) is 164 cm³/mol. The number of hydrogen-bond donors (Lipinski definition) is 0. The predicted octanol–water partition coefficient (Wildman–Crippen LogP) is 10.0. The number of hydrogen-bond acceptors (Lipinski definition) is 3. The maximum atomic E-state index is 6.36. The fourth-order valence-corrected chi connectivity index (χ4v) is 5.36. The Morgan fingerprint density at radius 1 is 0.541 bits per heavy atom. The highest BCUT2D eigenvalue weighted by atomic mass is 16.5. The summed E-state index contributed by atoms with van der Waals surface area (Å²) in [6.45, 7) is 6.39. The fourth-order valence-electron chi connectivity index (χ4n) is 5.36. The lowest BCUT2D eigenvalue weighted by Crippen LogP contribution is -2.42. The van der Waals surface area contributed by atoms with Crippen molar-refractivity contribution in [1.82, 2.24) is 4.90 Å². The summed E-state index contributed by atoms with van der Waals surface area (Å²) in [6.07, 6.45) is 37.0. The van der Waals surface area contributed by atoms with Gasteiger partial charge in [-0.3, -0.25) is 0 Å². The summed E-state index contributed by atoms with van der Waals surface area (Å²) in [5.41, 5.74) is 0. The molecule has 1 rings (SSSR count). The van der Waals surface area contributed by atoms with Gasteiger partial charge in [0.15, 0.2) is 0 Å². The molecule has 0 spiro atoms. The van der Waals surface area contributed by atoms with Crippen LogP contribution in [-0.4, -0.2) is 50.5 Å². The van der Waals surface area contributed by atoms with E-state index in [1.807, 2.05) is 0 Å². The fraction of sp³-hybridized carbons (Fsp3) is 0.882. The van der Waals surface area contributed by atoms with Gasteiger partial charge in [0.1, 0.15) is 0 Å². The van der Waals surface area contributed by atoms with Gasteiger partial charge < -0.3 is 14.4 Å². The molecular formula is C34H65NO2. The lowest BCUT2D eigenvalue weighted by Gasteiger charge is -2.38. The smallest absolute Gasteiger partial charge is 0.0614 e. The van der Waals surface area contributed by atoms with Gasteiger partial charge in [0.2, 0.25) is 0 Å². The maximum absolute atomic E-state index is 6.36. The molecule has 37 heavy (non-hydrogen) atoms. The van der Waals surface area contributed by atoms with Crippen molar-refractivity contribution >= 4 is 0 Å². The van der Waals surface area contributed by atoms with Crippen LogP contribution < -0.4 is 0 Å². The van der Waals surface area contributed by atoms with Crippen molar-refractivity contribution in [2.45, 2.75) is 167 Å². The molecule has 0 radical (unpaired) electrons. The van der Waals surface area contributed by atoms with E-state index < -0.39 is 0 Å². The van der Waals surface area contributed by atoms with Gasteiger partial charge in [-0.2, -0.15) is 0 Å². The van der Waals surface area contributed by atoms with Crippen molar-refractivity contribution < 1.29 is 9.47 Å². The highest BCUT2D eigenvalue weighted by molar-refractivity contribution is 4.92. The molecular weight excluding hydrogens is 454 g/mol. The minimum absolute atomic E-state index is 0.369. The Labute approximate surface area is 232 Å². The number of nitrogens with zero attached hydrogens (tertiary/aromatic N) is 1. The van der Waals surface area contributed by atoms with Crippen molar-refractivity contribution in [3.63, 3.8) is 0 Å². The SMILES string of the molecule is CCCCC/C=C\C/C=C\CCCCCCCCO[C@@H]1CC(N(C)C)C[C@H](OCCCCCCCC)C1. The highest BCUT2D eigenvalue weighted by Crippen LogP contribution is 2.27. The van der Waals surface area contributed by atoms with E-state index in [2.05, 4.69) is 57.1 Å². The van der Waals surface area contributed by atoms with E-state index >= 15 is 0 Å². The molecule has 0 saturated heterocycles. The van der Waals surface area contributed by atoms with E-state index in [-0.39, 0.29) is 0 Å².